The van der Waals surface area contributed by atoms with Crippen LogP contribution < -0.4 is 5.32 Å². The van der Waals surface area contributed by atoms with Crippen LogP contribution in [0, 0.1) is 5.92 Å². The Morgan fingerprint density at radius 2 is 1.81 bits per heavy atom. The Balaban J connectivity index is 2.50. The minimum atomic E-state index is -1.36. The number of nitrogens with one attached hydrogen (secondary N) is 1. The van der Waals surface area contributed by atoms with E-state index >= 15 is 0 Å². The molecule has 6 heteroatoms. The van der Waals surface area contributed by atoms with E-state index in [1.54, 1.807) is 0 Å². The van der Waals surface area contributed by atoms with Gasteiger partial charge in [0.1, 0.15) is 6.04 Å². The highest BCUT2D eigenvalue weighted by molar-refractivity contribution is 5.88. The number of aliphatic carboxylic acids is 2. The number of hydrogen-bond acceptors (Lipinski definition) is 3. The van der Waals surface area contributed by atoms with Crippen molar-refractivity contribution in [1.82, 2.24) is 5.32 Å². The van der Waals surface area contributed by atoms with Crippen molar-refractivity contribution < 1.29 is 24.6 Å². The third-order valence-corrected chi connectivity index (χ3v) is 2.37. The zero-order valence-electron chi connectivity index (χ0n) is 8.55. The fraction of sp³-hybridized carbons (Fsp3) is 0.500. The van der Waals surface area contributed by atoms with Crippen molar-refractivity contribution >= 4 is 17.8 Å². The lowest BCUT2D eigenvalue weighted by atomic mass is 10.1. The van der Waals surface area contributed by atoms with Crippen LogP contribution in [0.15, 0.2) is 12.2 Å². The zero-order chi connectivity index (χ0) is 12.1. The van der Waals surface area contributed by atoms with E-state index in [0.29, 0.717) is 12.8 Å². The van der Waals surface area contributed by atoms with Crippen molar-refractivity contribution in [3.05, 3.63) is 12.2 Å². The summed E-state index contributed by atoms with van der Waals surface area (Å²) in [6.45, 7) is 0. The molecule has 0 spiro atoms. The lowest BCUT2D eigenvalue weighted by Crippen LogP contribution is -2.44. The van der Waals surface area contributed by atoms with Gasteiger partial charge in [-0.15, -0.1) is 0 Å². The Bertz CT molecular complexity index is 328. The quantitative estimate of drug-likeness (QED) is 0.573. The molecule has 16 heavy (non-hydrogen) atoms. The number of carbonyl (C=O) groups is 3. The Hall–Kier alpha value is -1.85. The smallest absolute Gasteiger partial charge is 0.326 e. The molecule has 0 radical (unpaired) electrons. The maximum atomic E-state index is 11.5. The van der Waals surface area contributed by atoms with Crippen molar-refractivity contribution in [2.75, 3.05) is 0 Å². The van der Waals surface area contributed by atoms with Crippen molar-refractivity contribution in [3.63, 3.8) is 0 Å². The number of rotatable bonds is 5. The van der Waals surface area contributed by atoms with Gasteiger partial charge in [-0.3, -0.25) is 9.59 Å². The highest BCUT2D eigenvalue weighted by Crippen LogP contribution is 2.17. The monoisotopic (exact) mass is 227 g/mol. The Labute approximate surface area is 92.0 Å². The van der Waals surface area contributed by atoms with Gasteiger partial charge in [0, 0.05) is 5.92 Å². The van der Waals surface area contributed by atoms with E-state index in [1.807, 2.05) is 12.2 Å². The summed E-state index contributed by atoms with van der Waals surface area (Å²) < 4.78 is 0. The summed E-state index contributed by atoms with van der Waals surface area (Å²) in [5, 5.41) is 19.4. The van der Waals surface area contributed by atoms with Crippen LogP contribution in [0.4, 0.5) is 0 Å². The molecule has 0 aromatic heterocycles. The molecule has 0 saturated heterocycles. The largest absolute Gasteiger partial charge is 0.481 e. The van der Waals surface area contributed by atoms with E-state index in [4.69, 9.17) is 10.2 Å². The predicted molar refractivity (Wildman–Crippen MR) is 53.7 cm³/mol. The van der Waals surface area contributed by atoms with Gasteiger partial charge < -0.3 is 15.5 Å². The molecular formula is C10H13NO5. The molecule has 0 aromatic carbocycles. The SMILES string of the molecule is O=C(O)C[C@@H](NC(=O)C1CC=CC1)C(=O)O. The van der Waals surface area contributed by atoms with Gasteiger partial charge in [-0.25, -0.2) is 4.79 Å². The molecule has 0 aliphatic heterocycles. The van der Waals surface area contributed by atoms with E-state index in [-0.39, 0.29) is 5.92 Å². The van der Waals surface area contributed by atoms with Crippen molar-refractivity contribution in [3.8, 4) is 0 Å². The first-order valence-electron chi connectivity index (χ1n) is 4.90. The molecule has 1 aliphatic carbocycles. The minimum absolute atomic E-state index is 0.268. The molecule has 0 unspecified atom stereocenters. The number of carboxylic acid groups (broad SMARTS) is 2. The van der Waals surface area contributed by atoms with Crippen molar-refractivity contribution in [1.29, 1.82) is 0 Å². The topological polar surface area (TPSA) is 104 Å². The molecule has 1 atom stereocenters. The summed E-state index contributed by atoms with van der Waals surface area (Å²) >= 11 is 0. The molecular weight excluding hydrogens is 214 g/mol. The standard InChI is InChI=1S/C10H13NO5/c12-8(13)5-7(10(15)16)11-9(14)6-3-1-2-4-6/h1-2,6-7H,3-5H2,(H,11,14)(H,12,13)(H,15,16)/t7-/m1/s1. The van der Waals surface area contributed by atoms with Crippen LogP contribution >= 0.6 is 0 Å². The average molecular weight is 227 g/mol. The van der Waals surface area contributed by atoms with Gasteiger partial charge in [0.05, 0.1) is 6.42 Å². The highest BCUT2D eigenvalue weighted by atomic mass is 16.4. The molecule has 0 aromatic rings. The summed E-state index contributed by atoms with van der Waals surface area (Å²) in [7, 11) is 0. The van der Waals surface area contributed by atoms with Crippen LogP contribution in [0.3, 0.4) is 0 Å². The molecule has 1 amide bonds. The van der Waals surface area contributed by atoms with Crippen LogP contribution in [0.25, 0.3) is 0 Å². The molecule has 88 valence electrons. The van der Waals surface area contributed by atoms with Gasteiger partial charge in [-0.1, -0.05) is 12.2 Å². The Morgan fingerprint density at radius 3 is 2.25 bits per heavy atom. The maximum absolute atomic E-state index is 11.5. The third-order valence-electron chi connectivity index (χ3n) is 2.37. The van der Waals surface area contributed by atoms with E-state index < -0.39 is 30.3 Å². The first kappa shape index (κ1) is 12.2. The minimum Gasteiger partial charge on any atom is -0.481 e. The summed E-state index contributed by atoms with van der Waals surface area (Å²) in [4.78, 5) is 32.6. The van der Waals surface area contributed by atoms with Gasteiger partial charge in [0.2, 0.25) is 5.91 Å². The maximum Gasteiger partial charge on any atom is 0.326 e. The van der Waals surface area contributed by atoms with Gasteiger partial charge in [0.15, 0.2) is 0 Å². The number of carboxylic acids is 2. The molecule has 3 N–H and O–H groups in total. The number of amides is 1. The van der Waals surface area contributed by atoms with Crippen LogP contribution in [0.1, 0.15) is 19.3 Å². The predicted octanol–water partition coefficient (Wildman–Crippen LogP) is -0.00330. The Morgan fingerprint density at radius 1 is 1.25 bits per heavy atom. The second-order valence-electron chi connectivity index (χ2n) is 3.64. The summed E-state index contributed by atoms with van der Waals surface area (Å²) in [5.74, 6) is -3.26. The molecule has 0 fully saturated rings. The normalized spacial score (nSPS) is 17.0. The highest BCUT2D eigenvalue weighted by Gasteiger charge is 2.27. The fourth-order valence-electron chi connectivity index (χ4n) is 1.50. The lowest BCUT2D eigenvalue weighted by Gasteiger charge is -2.15. The second-order valence-corrected chi connectivity index (χ2v) is 3.64. The van der Waals surface area contributed by atoms with Crippen molar-refractivity contribution in [2.45, 2.75) is 25.3 Å². The number of allylic oxidation sites excluding steroid dienone is 2. The van der Waals surface area contributed by atoms with E-state index in [1.165, 1.54) is 0 Å². The number of carbonyl (C=O) groups excluding carboxylic acids is 1. The molecule has 1 aliphatic rings. The van der Waals surface area contributed by atoms with Gasteiger partial charge in [-0.05, 0) is 12.8 Å². The van der Waals surface area contributed by atoms with E-state index in [9.17, 15) is 14.4 Å². The van der Waals surface area contributed by atoms with Crippen LogP contribution in [-0.2, 0) is 14.4 Å². The van der Waals surface area contributed by atoms with Crippen LogP contribution in [0.5, 0.6) is 0 Å². The molecule has 0 heterocycles. The van der Waals surface area contributed by atoms with Crippen LogP contribution in [-0.4, -0.2) is 34.1 Å². The summed E-state index contributed by atoms with van der Waals surface area (Å²) in [5.41, 5.74) is 0. The number of hydrogen-bond donors (Lipinski definition) is 3. The van der Waals surface area contributed by atoms with Gasteiger partial charge >= 0.3 is 11.9 Å². The lowest BCUT2D eigenvalue weighted by molar-refractivity contribution is -0.147. The van der Waals surface area contributed by atoms with E-state index in [0.717, 1.165) is 0 Å². The third kappa shape index (κ3) is 3.38. The Kier molecular flexibility index (Phi) is 4.04. The van der Waals surface area contributed by atoms with Crippen molar-refractivity contribution in [2.24, 2.45) is 5.92 Å². The summed E-state index contributed by atoms with van der Waals surface area (Å²) in [6.07, 6.45) is 4.23. The molecule has 0 bridgehead atoms. The molecule has 1 rings (SSSR count). The summed E-state index contributed by atoms with van der Waals surface area (Å²) in [6, 6.07) is -1.36. The van der Waals surface area contributed by atoms with Crippen LogP contribution in [0.2, 0.25) is 0 Å². The molecule has 0 saturated carbocycles. The zero-order valence-corrected chi connectivity index (χ0v) is 8.55. The van der Waals surface area contributed by atoms with E-state index in [2.05, 4.69) is 5.32 Å². The van der Waals surface area contributed by atoms with Gasteiger partial charge in [0.25, 0.3) is 0 Å². The molecule has 6 nitrogen and oxygen atoms in total. The average Bonchev–Trinajstić information content (AvgIpc) is 2.68. The first-order chi connectivity index (χ1) is 7.50. The first-order valence-corrected chi connectivity index (χ1v) is 4.90. The van der Waals surface area contributed by atoms with Gasteiger partial charge in [-0.2, -0.15) is 0 Å². The second kappa shape index (κ2) is 5.29. The fourth-order valence-corrected chi connectivity index (χ4v) is 1.50.